The van der Waals surface area contributed by atoms with E-state index in [-0.39, 0.29) is 11.5 Å². The highest BCUT2D eigenvalue weighted by Gasteiger charge is 2.17. The van der Waals surface area contributed by atoms with E-state index >= 15 is 0 Å². The molecule has 0 unspecified atom stereocenters. The molecule has 0 saturated heterocycles. The van der Waals surface area contributed by atoms with Crippen LogP contribution in [0.2, 0.25) is 0 Å². The summed E-state index contributed by atoms with van der Waals surface area (Å²) in [6, 6.07) is 8.69. The summed E-state index contributed by atoms with van der Waals surface area (Å²) < 4.78 is 5.91. The van der Waals surface area contributed by atoms with Crippen LogP contribution in [0, 0.1) is 0 Å². The fourth-order valence-corrected chi connectivity index (χ4v) is 2.25. The Balaban J connectivity index is 2.17. The summed E-state index contributed by atoms with van der Waals surface area (Å²) >= 11 is 0. The van der Waals surface area contributed by atoms with Crippen LogP contribution in [-0.2, 0) is 16.6 Å². The third-order valence-corrected chi connectivity index (χ3v) is 3.52. The number of benzene rings is 1. The Morgan fingerprint density at radius 2 is 2.00 bits per heavy atom. The first-order valence-corrected chi connectivity index (χ1v) is 7.31. The monoisotopic (exact) mass is 284 g/mol. The van der Waals surface area contributed by atoms with Crippen molar-refractivity contribution in [3.05, 3.63) is 66.3 Å². The maximum Gasteiger partial charge on any atom is 0.0921 e. The SMILES string of the molecule is C=CCO[C@H](Cc1cnc[nH]1)c1ccc(C(C)(C)C)cc1. The number of nitrogens with zero attached hydrogens (tertiary/aromatic N) is 1. The third kappa shape index (κ3) is 4.30. The van der Waals surface area contributed by atoms with Gasteiger partial charge in [-0.15, -0.1) is 6.58 Å². The molecular formula is C18H24N2O. The number of aromatic amines is 1. The highest BCUT2D eigenvalue weighted by Crippen LogP contribution is 2.26. The Kier molecular flexibility index (Phi) is 4.97. The van der Waals surface area contributed by atoms with Crippen LogP contribution in [0.1, 0.15) is 43.7 Å². The van der Waals surface area contributed by atoms with Crippen molar-refractivity contribution in [1.82, 2.24) is 9.97 Å². The molecule has 2 aromatic rings. The van der Waals surface area contributed by atoms with Crippen LogP contribution >= 0.6 is 0 Å². The third-order valence-electron chi connectivity index (χ3n) is 3.52. The average Bonchev–Trinajstić information content (AvgIpc) is 2.95. The standard InChI is InChI=1S/C18H24N2O/c1-5-10-21-17(11-16-12-19-13-20-16)14-6-8-15(9-7-14)18(2,3)4/h5-9,12-13,17H,1,10-11H2,2-4H3,(H,19,20)/t17-/m1/s1. The predicted molar refractivity (Wildman–Crippen MR) is 86.3 cm³/mol. The zero-order chi connectivity index (χ0) is 15.3. The molecule has 1 aromatic heterocycles. The summed E-state index contributed by atoms with van der Waals surface area (Å²) in [5.74, 6) is 0. The Morgan fingerprint density at radius 3 is 2.52 bits per heavy atom. The minimum atomic E-state index is 0.0115. The summed E-state index contributed by atoms with van der Waals surface area (Å²) in [6.07, 6.45) is 6.11. The van der Waals surface area contributed by atoms with E-state index in [0.29, 0.717) is 6.61 Å². The Bertz CT molecular complexity index is 550. The minimum absolute atomic E-state index is 0.0115. The van der Waals surface area contributed by atoms with Crippen molar-refractivity contribution >= 4 is 0 Å². The van der Waals surface area contributed by atoms with Crippen molar-refractivity contribution in [2.24, 2.45) is 0 Å². The molecule has 0 bridgehead atoms. The molecule has 3 nitrogen and oxygen atoms in total. The Labute approximate surface area is 127 Å². The molecule has 21 heavy (non-hydrogen) atoms. The van der Waals surface area contributed by atoms with Gasteiger partial charge in [0.05, 0.1) is 19.0 Å². The Hall–Kier alpha value is -1.87. The largest absolute Gasteiger partial charge is 0.369 e. The molecule has 1 aromatic carbocycles. The van der Waals surface area contributed by atoms with Gasteiger partial charge in [0.2, 0.25) is 0 Å². The minimum Gasteiger partial charge on any atom is -0.369 e. The molecule has 112 valence electrons. The lowest BCUT2D eigenvalue weighted by atomic mass is 9.86. The second-order valence-corrected chi connectivity index (χ2v) is 6.26. The number of hydrogen-bond acceptors (Lipinski definition) is 2. The van der Waals surface area contributed by atoms with Crippen molar-refractivity contribution in [2.45, 2.75) is 38.7 Å². The smallest absolute Gasteiger partial charge is 0.0921 e. The van der Waals surface area contributed by atoms with Gasteiger partial charge in [0.25, 0.3) is 0 Å². The van der Waals surface area contributed by atoms with E-state index in [4.69, 9.17) is 4.74 Å². The van der Waals surface area contributed by atoms with E-state index in [0.717, 1.165) is 12.1 Å². The van der Waals surface area contributed by atoms with Crippen LogP contribution < -0.4 is 0 Å². The number of rotatable bonds is 6. The number of hydrogen-bond donors (Lipinski definition) is 1. The number of H-pyrrole nitrogens is 1. The number of ether oxygens (including phenoxy) is 1. The predicted octanol–water partition coefficient (Wildman–Crippen LogP) is 4.19. The summed E-state index contributed by atoms with van der Waals surface area (Å²) in [5, 5.41) is 0. The average molecular weight is 284 g/mol. The molecule has 3 heteroatoms. The molecular weight excluding hydrogens is 260 g/mol. The van der Waals surface area contributed by atoms with Gasteiger partial charge in [0.1, 0.15) is 0 Å². The van der Waals surface area contributed by atoms with Gasteiger partial charge in [-0.2, -0.15) is 0 Å². The first kappa shape index (κ1) is 15.5. The molecule has 1 N–H and O–H groups in total. The first-order chi connectivity index (χ1) is 10.0. The van der Waals surface area contributed by atoms with Crippen molar-refractivity contribution in [2.75, 3.05) is 6.61 Å². The highest BCUT2D eigenvalue weighted by molar-refractivity contribution is 5.29. The number of aromatic nitrogens is 2. The molecule has 0 aliphatic rings. The van der Waals surface area contributed by atoms with Crippen molar-refractivity contribution in [3.8, 4) is 0 Å². The van der Waals surface area contributed by atoms with Crippen LogP contribution in [0.4, 0.5) is 0 Å². The molecule has 0 aliphatic carbocycles. The maximum atomic E-state index is 5.91. The second-order valence-electron chi connectivity index (χ2n) is 6.26. The lowest BCUT2D eigenvalue weighted by molar-refractivity contribution is 0.0738. The van der Waals surface area contributed by atoms with E-state index in [2.05, 4.69) is 61.6 Å². The quantitative estimate of drug-likeness (QED) is 0.808. The molecule has 0 aliphatic heterocycles. The second kappa shape index (κ2) is 6.72. The molecule has 0 radical (unpaired) electrons. The molecule has 1 heterocycles. The molecule has 1 atom stereocenters. The van der Waals surface area contributed by atoms with E-state index < -0.39 is 0 Å². The van der Waals surface area contributed by atoms with E-state index in [9.17, 15) is 0 Å². The van der Waals surface area contributed by atoms with Crippen molar-refractivity contribution in [1.29, 1.82) is 0 Å². The van der Waals surface area contributed by atoms with Gasteiger partial charge in [-0.05, 0) is 16.5 Å². The van der Waals surface area contributed by atoms with Crippen LogP contribution in [0.3, 0.4) is 0 Å². The number of nitrogens with one attached hydrogen (secondary N) is 1. The summed E-state index contributed by atoms with van der Waals surface area (Å²) in [6.45, 7) is 10.9. The lowest BCUT2D eigenvalue weighted by Crippen LogP contribution is -2.12. The van der Waals surface area contributed by atoms with Gasteiger partial charge in [0.15, 0.2) is 0 Å². The van der Waals surface area contributed by atoms with Gasteiger partial charge in [-0.1, -0.05) is 51.1 Å². The van der Waals surface area contributed by atoms with E-state index in [1.807, 2.05) is 6.20 Å². The lowest BCUT2D eigenvalue weighted by Gasteiger charge is -2.21. The maximum absolute atomic E-state index is 5.91. The van der Waals surface area contributed by atoms with Gasteiger partial charge in [-0.3, -0.25) is 0 Å². The fraction of sp³-hybridized carbons (Fsp3) is 0.389. The molecule has 0 spiro atoms. The summed E-state index contributed by atoms with van der Waals surface area (Å²) in [5.41, 5.74) is 3.75. The summed E-state index contributed by atoms with van der Waals surface area (Å²) in [7, 11) is 0. The van der Waals surface area contributed by atoms with Gasteiger partial charge < -0.3 is 9.72 Å². The normalized spacial score (nSPS) is 13.1. The van der Waals surface area contributed by atoms with Gasteiger partial charge in [0, 0.05) is 18.3 Å². The molecule has 0 amide bonds. The topological polar surface area (TPSA) is 37.9 Å². The first-order valence-electron chi connectivity index (χ1n) is 7.31. The van der Waals surface area contributed by atoms with Crippen LogP contribution in [0.25, 0.3) is 0 Å². The van der Waals surface area contributed by atoms with Gasteiger partial charge in [-0.25, -0.2) is 4.98 Å². The van der Waals surface area contributed by atoms with Gasteiger partial charge >= 0.3 is 0 Å². The summed E-state index contributed by atoms with van der Waals surface area (Å²) in [4.78, 5) is 7.20. The van der Waals surface area contributed by atoms with E-state index in [1.54, 1.807) is 12.4 Å². The van der Waals surface area contributed by atoms with Crippen molar-refractivity contribution in [3.63, 3.8) is 0 Å². The molecule has 2 rings (SSSR count). The zero-order valence-electron chi connectivity index (χ0n) is 13.1. The highest BCUT2D eigenvalue weighted by atomic mass is 16.5. The molecule has 0 saturated carbocycles. The molecule has 0 fully saturated rings. The zero-order valence-corrected chi connectivity index (χ0v) is 13.1. The Morgan fingerprint density at radius 1 is 1.29 bits per heavy atom. The fourth-order valence-electron chi connectivity index (χ4n) is 2.25. The van der Waals surface area contributed by atoms with Crippen LogP contribution in [0.15, 0.2) is 49.4 Å². The van der Waals surface area contributed by atoms with Crippen molar-refractivity contribution < 1.29 is 4.74 Å². The van der Waals surface area contributed by atoms with Crippen LogP contribution in [-0.4, -0.2) is 16.6 Å². The van der Waals surface area contributed by atoms with Crippen LogP contribution in [0.5, 0.6) is 0 Å². The van der Waals surface area contributed by atoms with E-state index in [1.165, 1.54) is 11.1 Å². The number of imidazole rings is 1.